The van der Waals surface area contributed by atoms with Gasteiger partial charge in [0.1, 0.15) is 16.2 Å². The van der Waals surface area contributed by atoms with Gasteiger partial charge in [0, 0.05) is 5.39 Å². The molecule has 4 rings (SSSR count). The summed E-state index contributed by atoms with van der Waals surface area (Å²) in [5.74, 6) is 0. The molecule has 3 heterocycles. The Morgan fingerprint density at radius 2 is 1.95 bits per heavy atom. The van der Waals surface area contributed by atoms with Crippen molar-refractivity contribution in [1.29, 1.82) is 0 Å². The molecule has 0 N–H and O–H groups in total. The van der Waals surface area contributed by atoms with Crippen molar-refractivity contribution in [3.8, 4) is 5.69 Å². The number of hydrogen-bond acceptors (Lipinski definition) is 7. The van der Waals surface area contributed by atoms with Gasteiger partial charge in [-0.05, 0) is 45.8 Å². The zero-order valence-electron chi connectivity index (χ0n) is 10.6. The summed E-state index contributed by atoms with van der Waals surface area (Å²) >= 11 is 3.02. The minimum Gasteiger partial charge on any atom is -0.229 e. The molecule has 0 radical (unpaired) electrons. The van der Waals surface area contributed by atoms with Crippen LogP contribution in [-0.2, 0) is 0 Å². The molecule has 0 aliphatic heterocycles. The van der Waals surface area contributed by atoms with E-state index in [9.17, 15) is 0 Å². The number of hydrogen-bond donors (Lipinski definition) is 0. The fraction of sp³-hybridized carbons (Fsp3) is 0. The van der Waals surface area contributed by atoms with Crippen LogP contribution in [0.5, 0.6) is 0 Å². The zero-order valence-corrected chi connectivity index (χ0v) is 12.3. The van der Waals surface area contributed by atoms with E-state index in [-0.39, 0.29) is 0 Å². The summed E-state index contributed by atoms with van der Waals surface area (Å²) in [5, 5.41) is 16.4. The topological polar surface area (TPSA) is 69.4 Å². The Hall–Kier alpha value is -2.32. The Morgan fingerprint density at radius 1 is 1.05 bits per heavy atom. The van der Waals surface area contributed by atoms with Gasteiger partial charge in [0.25, 0.3) is 0 Å². The number of rotatable bonds is 3. The lowest BCUT2D eigenvalue weighted by molar-refractivity contribution is 0.756. The summed E-state index contributed by atoms with van der Waals surface area (Å²) in [7, 11) is 0. The molecule has 0 atom stereocenters. The molecule has 1 aromatic carbocycles. The Morgan fingerprint density at radius 3 is 2.86 bits per heavy atom. The number of benzene rings is 1. The summed E-state index contributed by atoms with van der Waals surface area (Å²) in [6.45, 7) is 0. The molecule has 6 nitrogen and oxygen atoms in total. The van der Waals surface area contributed by atoms with Gasteiger partial charge in [-0.3, -0.25) is 0 Å². The van der Waals surface area contributed by atoms with E-state index in [1.165, 1.54) is 11.8 Å². The fourth-order valence-corrected chi connectivity index (χ4v) is 3.56. The first-order valence-electron chi connectivity index (χ1n) is 6.12. The van der Waals surface area contributed by atoms with Crippen LogP contribution in [0.15, 0.2) is 58.3 Å². The van der Waals surface area contributed by atoms with Crippen LogP contribution in [0.3, 0.4) is 0 Å². The first kappa shape index (κ1) is 12.4. The van der Waals surface area contributed by atoms with Crippen LogP contribution in [0.2, 0.25) is 0 Å². The molecule has 0 aliphatic rings. The maximum absolute atomic E-state index is 4.34. The van der Waals surface area contributed by atoms with E-state index in [0.29, 0.717) is 5.16 Å². The largest absolute Gasteiger partial charge is 0.229 e. The first-order chi connectivity index (χ1) is 10.4. The van der Waals surface area contributed by atoms with Crippen molar-refractivity contribution in [3.05, 3.63) is 48.1 Å². The molecular weight excluding hydrogens is 304 g/mol. The number of thiophene rings is 1. The summed E-state index contributed by atoms with van der Waals surface area (Å²) in [4.78, 5) is 9.55. The van der Waals surface area contributed by atoms with E-state index in [1.807, 2.05) is 41.8 Å². The Kier molecular flexibility index (Phi) is 3.09. The van der Waals surface area contributed by atoms with E-state index in [2.05, 4.69) is 25.5 Å². The summed E-state index contributed by atoms with van der Waals surface area (Å²) in [6.07, 6.45) is 1.57. The van der Waals surface area contributed by atoms with Crippen LogP contribution >= 0.6 is 23.1 Å². The molecule has 3 aromatic heterocycles. The number of nitrogens with zero attached hydrogens (tertiary/aromatic N) is 6. The monoisotopic (exact) mass is 312 g/mol. The second kappa shape index (κ2) is 5.23. The Balaban J connectivity index is 1.76. The molecule has 4 aromatic rings. The zero-order chi connectivity index (χ0) is 14.1. The molecule has 0 aliphatic carbocycles. The van der Waals surface area contributed by atoms with Crippen LogP contribution in [0.1, 0.15) is 0 Å². The number of aromatic nitrogens is 6. The molecule has 8 heteroatoms. The highest BCUT2D eigenvalue weighted by molar-refractivity contribution is 7.99. The van der Waals surface area contributed by atoms with E-state index in [1.54, 1.807) is 22.3 Å². The number of tetrazole rings is 1. The van der Waals surface area contributed by atoms with Crippen LogP contribution in [0.25, 0.3) is 15.9 Å². The Bertz CT molecular complexity index is 886. The number of fused-ring (bicyclic) bond motifs is 1. The highest BCUT2D eigenvalue weighted by Gasteiger charge is 2.13. The van der Waals surface area contributed by atoms with Gasteiger partial charge in [-0.25, -0.2) is 9.97 Å². The van der Waals surface area contributed by atoms with Gasteiger partial charge < -0.3 is 0 Å². The summed E-state index contributed by atoms with van der Waals surface area (Å²) in [6, 6.07) is 11.8. The predicted molar refractivity (Wildman–Crippen MR) is 80.7 cm³/mol. The second-order valence-electron chi connectivity index (χ2n) is 4.13. The van der Waals surface area contributed by atoms with Crippen molar-refractivity contribution in [2.24, 2.45) is 0 Å². The molecule has 0 saturated heterocycles. The van der Waals surface area contributed by atoms with Gasteiger partial charge in [-0.2, -0.15) is 4.68 Å². The lowest BCUT2D eigenvalue weighted by Gasteiger charge is -2.03. The lowest BCUT2D eigenvalue weighted by atomic mass is 10.3. The van der Waals surface area contributed by atoms with Crippen molar-refractivity contribution in [1.82, 2.24) is 30.2 Å². The van der Waals surface area contributed by atoms with Gasteiger partial charge in [-0.1, -0.05) is 18.2 Å². The van der Waals surface area contributed by atoms with Gasteiger partial charge in [0.2, 0.25) is 5.16 Å². The maximum atomic E-state index is 4.34. The SMILES string of the molecule is c1ccc(-n2nnnc2Sc2ncnc3sccc23)cc1. The molecule has 0 amide bonds. The van der Waals surface area contributed by atoms with Gasteiger partial charge in [0.05, 0.1) is 5.69 Å². The van der Waals surface area contributed by atoms with Crippen LogP contribution in [0, 0.1) is 0 Å². The standard InChI is InChI=1S/C13H8N6S2/c1-2-4-9(5-3-1)19-13(16-17-18-19)21-12-10-6-7-20-11(10)14-8-15-12/h1-8H. The van der Waals surface area contributed by atoms with Crippen LogP contribution in [0.4, 0.5) is 0 Å². The van der Waals surface area contributed by atoms with Gasteiger partial charge >= 0.3 is 0 Å². The van der Waals surface area contributed by atoms with Crippen LogP contribution in [-0.4, -0.2) is 30.2 Å². The van der Waals surface area contributed by atoms with Gasteiger partial charge in [-0.15, -0.1) is 16.4 Å². The van der Waals surface area contributed by atoms with Crippen molar-refractivity contribution in [3.63, 3.8) is 0 Å². The highest BCUT2D eigenvalue weighted by atomic mass is 32.2. The van der Waals surface area contributed by atoms with Crippen molar-refractivity contribution < 1.29 is 0 Å². The quantitative estimate of drug-likeness (QED) is 0.542. The average Bonchev–Trinajstić information content (AvgIpc) is 3.17. The number of para-hydroxylation sites is 1. The van der Waals surface area contributed by atoms with Crippen molar-refractivity contribution in [2.75, 3.05) is 0 Å². The second-order valence-corrected chi connectivity index (χ2v) is 5.98. The minimum atomic E-state index is 0.674. The summed E-state index contributed by atoms with van der Waals surface area (Å²) in [5.41, 5.74) is 0.917. The lowest BCUT2D eigenvalue weighted by Crippen LogP contribution is -1.98. The third kappa shape index (κ3) is 2.28. The Labute approximate surface area is 127 Å². The molecular formula is C13H8N6S2. The molecule has 0 saturated carbocycles. The van der Waals surface area contributed by atoms with E-state index < -0.39 is 0 Å². The normalized spacial score (nSPS) is 11.0. The van der Waals surface area contributed by atoms with Crippen molar-refractivity contribution >= 4 is 33.3 Å². The van der Waals surface area contributed by atoms with Gasteiger partial charge in [0.15, 0.2) is 0 Å². The summed E-state index contributed by atoms with van der Waals surface area (Å²) < 4.78 is 1.70. The minimum absolute atomic E-state index is 0.674. The molecule has 0 unspecified atom stereocenters. The smallest absolute Gasteiger partial charge is 0.220 e. The molecule has 0 fully saturated rings. The first-order valence-corrected chi connectivity index (χ1v) is 7.81. The predicted octanol–water partition coefficient (Wildman–Crippen LogP) is 2.82. The van der Waals surface area contributed by atoms with Crippen molar-refractivity contribution in [2.45, 2.75) is 10.2 Å². The van der Waals surface area contributed by atoms with E-state index >= 15 is 0 Å². The van der Waals surface area contributed by atoms with E-state index in [0.717, 1.165) is 20.9 Å². The maximum Gasteiger partial charge on any atom is 0.220 e. The molecule has 0 bridgehead atoms. The van der Waals surface area contributed by atoms with Crippen LogP contribution < -0.4 is 0 Å². The molecule has 21 heavy (non-hydrogen) atoms. The van der Waals surface area contributed by atoms with E-state index in [4.69, 9.17) is 0 Å². The fourth-order valence-electron chi connectivity index (χ4n) is 1.91. The highest BCUT2D eigenvalue weighted by Crippen LogP contribution is 2.32. The third-order valence-electron chi connectivity index (χ3n) is 2.85. The third-order valence-corrected chi connectivity index (χ3v) is 4.63. The molecule has 102 valence electrons. The molecule has 0 spiro atoms. The average molecular weight is 312 g/mol.